The van der Waals surface area contributed by atoms with E-state index in [1.54, 1.807) is 45.0 Å². The Morgan fingerprint density at radius 1 is 1.28 bits per heavy atom. The third-order valence-electron chi connectivity index (χ3n) is 4.87. The Morgan fingerprint density at radius 3 is 2.69 bits per heavy atom. The summed E-state index contributed by atoms with van der Waals surface area (Å²) in [7, 11) is 0. The average Bonchev–Trinajstić information content (AvgIpc) is 2.72. The lowest BCUT2D eigenvalue weighted by Crippen LogP contribution is -2.38. The first-order chi connectivity index (χ1) is 15.2. The number of nitrogens with one attached hydrogen (secondary N) is 1. The molecule has 0 saturated heterocycles. The van der Waals surface area contributed by atoms with E-state index in [1.165, 1.54) is 18.3 Å². The molecule has 162 valence electrons. The minimum absolute atomic E-state index is 0.0493. The second kappa shape index (κ2) is 9.35. The van der Waals surface area contributed by atoms with Crippen LogP contribution in [0.5, 0.6) is 0 Å². The number of nitriles is 1. The maximum absolute atomic E-state index is 13.6. The molecule has 8 heteroatoms. The molecule has 0 fully saturated rings. The van der Waals surface area contributed by atoms with Crippen molar-refractivity contribution in [2.45, 2.75) is 33.2 Å². The molecular weight excluding hydrogens is 411 g/mol. The van der Waals surface area contributed by atoms with Crippen LogP contribution in [0.25, 0.3) is 6.08 Å². The van der Waals surface area contributed by atoms with Gasteiger partial charge in [0, 0.05) is 23.4 Å². The van der Waals surface area contributed by atoms with Crippen LogP contribution in [0.1, 0.15) is 58.1 Å². The lowest BCUT2D eigenvalue weighted by molar-refractivity contribution is 0.102. The van der Waals surface area contributed by atoms with Crippen molar-refractivity contribution in [2.75, 3.05) is 0 Å². The number of aryl methyl sites for hydroxylation is 1. The van der Waals surface area contributed by atoms with Crippen molar-refractivity contribution in [3.05, 3.63) is 103 Å². The maximum Gasteiger partial charge on any atom is 0.329 e. The van der Waals surface area contributed by atoms with E-state index < -0.39 is 23.0 Å². The summed E-state index contributed by atoms with van der Waals surface area (Å²) in [6.07, 6.45) is 4.13. The SMILES string of the molecule is Cc1cc(C=CC#N)cc(C(=O)c2c(C(C)C)c(=O)[nH]c(=O)n2Cc2ccnc(F)c2)c1. The summed E-state index contributed by atoms with van der Waals surface area (Å²) in [6.45, 7) is 5.18. The number of carbonyl (C=O) groups is 1. The highest BCUT2D eigenvalue weighted by molar-refractivity contribution is 6.09. The number of carbonyl (C=O) groups excluding carboxylic acids is 1. The number of ketones is 1. The Kier molecular flexibility index (Phi) is 6.59. The van der Waals surface area contributed by atoms with Crippen LogP contribution in [-0.4, -0.2) is 20.3 Å². The van der Waals surface area contributed by atoms with Crippen molar-refractivity contribution < 1.29 is 9.18 Å². The minimum Gasteiger partial charge on any atom is -0.287 e. The molecule has 0 bridgehead atoms. The van der Waals surface area contributed by atoms with E-state index in [0.717, 1.165) is 16.2 Å². The summed E-state index contributed by atoms with van der Waals surface area (Å²) >= 11 is 0. The summed E-state index contributed by atoms with van der Waals surface area (Å²) in [4.78, 5) is 44.8. The smallest absolute Gasteiger partial charge is 0.287 e. The molecule has 0 amide bonds. The van der Waals surface area contributed by atoms with Gasteiger partial charge in [-0.3, -0.25) is 19.1 Å². The number of allylic oxidation sites excluding steroid dienone is 1. The van der Waals surface area contributed by atoms with E-state index in [1.807, 2.05) is 6.07 Å². The zero-order valence-corrected chi connectivity index (χ0v) is 17.8. The third kappa shape index (κ3) is 4.78. The average molecular weight is 432 g/mol. The number of rotatable bonds is 6. The number of H-pyrrole nitrogens is 1. The van der Waals surface area contributed by atoms with Crippen molar-refractivity contribution in [2.24, 2.45) is 0 Å². The Morgan fingerprint density at radius 2 is 2.03 bits per heavy atom. The van der Waals surface area contributed by atoms with Crippen LogP contribution < -0.4 is 11.2 Å². The number of halogens is 1. The summed E-state index contributed by atoms with van der Waals surface area (Å²) in [5.74, 6) is -1.59. The van der Waals surface area contributed by atoms with Crippen LogP contribution in [0.15, 0.2) is 52.2 Å². The Balaban J connectivity index is 2.26. The number of aromatic amines is 1. The highest BCUT2D eigenvalue weighted by Gasteiger charge is 2.25. The van der Waals surface area contributed by atoms with Crippen LogP contribution in [0.2, 0.25) is 0 Å². The van der Waals surface area contributed by atoms with E-state index in [2.05, 4.69) is 9.97 Å². The molecule has 3 rings (SSSR count). The Hall–Kier alpha value is -4.12. The molecule has 0 aliphatic carbocycles. The van der Waals surface area contributed by atoms with Gasteiger partial charge in [-0.2, -0.15) is 9.65 Å². The van der Waals surface area contributed by atoms with E-state index in [4.69, 9.17) is 5.26 Å². The lowest BCUT2D eigenvalue weighted by Gasteiger charge is -2.18. The molecule has 1 aromatic carbocycles. The van der Waals surface area contributed by atoms with Gasteiger partial charge in [-0.1, -0.05) is 19.9 Å². The number of hydrogen-bond acceptors (Lipinski definition) is 5. The van der Waals surface area contributed by atoms with Crippen molar-refractivity contribution in [1.82, 2.24) is 14.5 Å². The molecule has 7 nitrogen and oxygen atoms in total. The molecule has 0 atom stereocenters. The quantitative estimate of drug-likeness (QED) is 0.365. The molecule has 2 aromatic heterocycles. The second-order valence-electron chi connectivity index (χ2n) is 7.67. The lowest BCUT2D eigenvalue weighted by atomic mass is 9.95. The zero-order chi connectivity index (χ0) is 23.4. The highest BCUT2D eigenvalue weighted by Crippen LogP contribution is 2.21. The van der Waals surface area contributed by atoms with Gasteiger partial charge in [0.2, 0.25) is 11.7 Å². The summed E-state index contributed by atoms with van der Waals surface area (Å²) < 4.78 is 14.8. The number of hydrogen-bond donors (Lipinski definition) is 1. The number of aromatic nitrogens is 3. The normalized spacial score (nSPS) is 11.1. The van der Waals surface area contributed by atoms with Crippen molar-refractivity contribution in [3.63, 3.8) is 0 Å². The molecule has 0 radical (unpaired) electrons. The standard InChI is InChI=1S/C24H21FN4O3/c1-14(2)20-21(22(30)18-10-15(3)9-16(11-18)5-4-7-26)29(24(32)28-23(20)31)13-17-6-8-27-19(25)12-17/h4-6,8-12,14H,13H2,1-3H3,(H,28,31,32). The number of nitrogens with zero attached hydrogens (tertiary/aromatic N) is 3. The summed E-state index contributed by atoms with van der Waals surface area (Å²) in [5.41, 5.74) is 0.804. The first kappa shape index (κ1) is 22.6. The van der Waals surface area contributed by atoms with E-state index in [9.17, 15) is 18.8 Å². The van der Waals surface area contributed by atoms with Gasteiger partial charge in [0.05, 0.1) is 12.6 Å². The van der Waals surface area contributed by atoms with E-state index in [-0.39, 0.29) is 29.3 Å². The van der Waals surface area contributed by atoms with Crippen LogP contribution in [0.3, 0.4) is 0 Å². The van der Waals surface area contributed by atoms with Crippen molar-refractivity contribution >= 4 is 11.9 Å². The predicted molar refractivity (Wildman–Crippen MR) is 118 cm³/mol. The fraction of sp³-hybridized carbons (Fsp3) is 0.208. The van der Waals surface area contributed by atoms with Gasteiger partial charge in [-0.05, 0) is 59.9 Å². The molecule has 2 heterocycles. The first-order valence-electron chi connectivity index (χ1n) is 9.91. The topological polar surface area (TPSA) is 109 Å². The van der Waals surface area contributed by atoms with Crippen LogP contribution in [-0.2, 0) is 6.54 Å². The van der Waals surface area contributed by atoms with Crippen molar-refractivity contribution in [3.8, 4) is 6.07 Å². The number of benzene rings is 1. The fourth-order valence-electron chi connectivity index (χ4n) is 3.55. The van der Waals surface area contributed by atoms with Gasteiger partial charge in [0.25, 0.3) is 5.56 Å². The van der Waals surface area contributed by atoms with Gasteiger partial charge in [0.15, 0.2) is 0 Å². The largest absolute Gasteiger partial charge is 0.329 e. The maximum atomic E-state index is 13.6. The minimum atomic E-state index is -0.766. The molecule has 0 unspecified atom stereocenters. The zero-order valence-electron chi connectivity index (χ0n) is 17.8. The Bertz CT molecular complexity index is 1380. The van der Waals surface area contributed by atoms with Gasteiger partial charge < -0.3 is 0 Å². The first-order valence-corrected chi connectivity index (χ1v) is 9.91. The van der Waals surface area contributed by atoms with E-state index in [0.29, 0.717) is 11.1 Å². The summed E-state index contributed by atoms with van der Waals surface area (Å²) in [5, 5.41) is 8.80. The van der Waals surface area contributed by atoms with Crippen molar-refractivity contribution in [1.29, 1.82) is 5.26 Å². The third-order valence-corrected chi connectivity index (χ3v) is 4.87. The number of pyridine rings is 1. The molecule has 3 aromatic rings. The molecule has 32 heavy (non-hydrogen) atoms. The molecule has 0 spiro atoms. The second-order valence-corrected chi connectivity index (χ2v) is 7.67. The fourth-order valence-corrected chi connectivity index (χ4v) is 3.55. The molecule has 0 saturated carbocycles. The highest BCUT2D eigenvalue weighted by atomic mass is 19.1. The molecule has 0 aliphatic rings. The molecule has 1 N–H and O–H groups in total. The monoisotopic (exact) mass is 432 g/mol. The predicted octanol–water partition coefficient (Wildman–Crippen LogP) is 3.32. The van der Waals surface area contributed by atoms with Crippen LogP contribution >= 0.6 is 0 Å². The van der Waals surface area contributed by atoms with Gasteiger partial charge in [-0.25, -0.2) is 9.78 Å². The van der Waals surface area contributed by atoms with Crippen LogP contribution in [0, 0.1) is 24.2 Å². The molecule has 0 aliphatic heterocycles. The van der Waals surface area contributed by atoms with E-state index >= 15 is 0 Å². The van der Waals surface area contributed by atoms with Gasteiger partial charge in [-0.15, -0.1) is 0 Å². The van der Waals surface area contributed by atoms with Gasteiger partial charge >= 0.3 is 5.69 Å². The van der Waals surface area contributed by atoms with Crippen LogP contribution in [0.4, 0.5) is 4.39 Å². The molecular formula is C24H21FN4O3. The summed E-state index contributed by atoms with van der Waals surface area (Å²) in [6, 6.07) is 9.65. The Labute approximate surface area is 183 Å². The van der Waals surface area contributed by atoms with Gasteiger partial charge in [0.1, 0.15) is 5.69 Å².